The Labute approximate surface area is 85.3 Å². The third kappa shape index (κ3) is 4.84. The van der Waals surface area contributed by atoms with Gasteiger partial charge in [-0.25, -0.2) is 4.79 Å². The average Bonchev–Trinajstić information content (AvgIpc) is 2.02. The molecule has 0 aliphatic rings. The molecule has 0 aliphatic heterocycles. The van der Waals surface area contributed by atoms with E-state index >= 15 is 0 Å². The zero-order valence-corrected chi connectivity index (χ0v) is 9.59. The molecular weight excluding hydrogens is 182 g/mol. The van der Waals surface area contributed by atoms with Crippen LogP contribution in [0.15, 0.2) is 4.99 Å². The molecule has 0 aromatic rings. The Balaban J connectivity index is 4.56. The molecule has 0 saturated heterocycles. The lowest BCUT2D eigenvalue weighted by atomic mass is 9.97. The fraction of sp³-hybridized carbons (Fsp3) is 0.800. The molecule has 0 saturated carbocycles. The van der Waals surface area contributed by atoms with Gasteiger partial charge in [0, 0.05) is 5.41 Å². The van der Waals surface area contributed by atoms with Crippen molar-refractivity contribution in [3.8, 4) is 0 Å². The van der Waals surface area contributed by atoms with Crippen LogP contribution < -0.4 is 0 Å². The van der Waals surface area contributed by atoms with E-state index in [2.05, 4.69) is 4.99 Å². The molecule has 0 N–H and O–H groups in total. The predicted molar refractivity (Wildman–Crippen MR) is 55.5 cm³/mol. The van der Waals surface area contributed by atoms with Gasteiger partial charge in [0.25, 0.3) is 0 Å². The van der Waals surface area contributed by atoms with Crippen molar-refractivity contribution in [3.05, 3.63) is 0 Å². The Bertz CT molecular complexity index is 216. The highest BCUT2D eigenvalue weighted by molar-refractivity contribution is 5.91. The first-order valence-electron chi connectivity index (χ1n) is 4.80. The quantitative estimate of drug-likeness (QED) is 0.509. The number of rotatable bonds is 2. The molecule has 0 bridgehead atoms. The molecule has 1 amide bonds. The Morgan fingerprint density at radius 3 is 2.00 bits per heavy atom. The normalized spacial score (nSPS) is 12.5. The molecule has 4 nitrogen and oxygen atoms in total. The van der Waals surface area contributed by atoms with E-state index in [0.29, 0.717) is 19.1 Å². The summed E-state index contributed by atoms with van der Waals surface area (Å²) in [5.41, 5.74) is -0.275. The summed E-state index contributed by atoms with van der Waals surface area (Å²) in [6, 6.07) is 0. The summed E-state index contributed by atoms with van der Waals surface area (Å²) in [6.45, 7) is 10.2. The van der Waals surface area contributed by atoms with Gasteiger partial charge in [0.05, 0.1) is 13.2 Å². The SMILES string of the molecule is CCOC(=O)/N=C(\OCC)C(C)(C)C. The zero-order valence-electron chi connectivity index (χ0n) is 9.59. The van der Waals surface area contributed by atoms with Crippen LogP contribution in [0.1, 0.15) is 34.6 Å². The third-order valence-electron chi connectivity index (χ3n) is 1.38. The second-order valence-electron chi connectivity index (χ2n) is 3.80. The molecule has 82 valence electrons. The summed E-state index contributed by atoms with van der Waals surface area (Å²) < 4.78 is 9.98. The second kappa shape index (κ2) is 5.62. The number of hydrogen-bond acceptors (Lipinski definition) is 3. The lowest BCUT2D eigenvalue weighted by Gasteiger charge is -2.20. The van der Waals surface area contributed by atoms with E-state index in [1.807, 2.05) is 27.7 Å². The van der Waals surface area contributed by atoms with Gasteiger partial charge in [-0.05, 0) is 13.8 Å². The monoisotopic (exact) mass is 201 g/mol. The number of carbonyl (C=O) groups is 1. The van der Waals surface area contributed by atoms with Crippen LogP contribution in [0.3, 0.4) is 0 Å². The van der Waals surface area contributed by atoms with Crippen molar-refractivity contribution in [3.63, 3.8) is 0 Å². The Kier molecular flexibility index (Phi) is 5.20. The minimum atomic E-state index is -0.592. The molecule has 4 heteroatoms. The molecule has 0 heterocycles. The maximum absolute atomic E-state index is 11.1. The number of carbonyl (C=O) groups excluding carboxylic acids is 1. The predicted octanol–water partition coefficient (Wildman–Crippen LogP) is 2.62. The van der Waals surface area contributed by atoms with Crippen molar-refractivity contribution in [2.45, 2.75) is 34.6 Å². The van der Waals surface area contributed by atoms with Crippen molar-refractivity contribution in [1.82, 2.24) is 0 Å². The van der Waals surface area contributed by atoms with Gasteiger partial charge in [0.15, 0.2) is 5.90 Å². The van der Waals surface area contributed by atoms with Crippen LogP contribution in [0, 0.1) is 5.41 Å². The van der Waals surface area contributed by atoms with Gasteiger partial charge in [0.2, 0.25) is 0 Å². The maximum atomic E-state index is 11.1. The summed E-state index contributed by atoms with van der Waals surface area (Å²) in [5.74, 6) is 0.415. The van der Waals surface area contributed by atoms with E-state index in [0.717, 1.165) is 0 Å². The van der Waals surface area contributed by atoms with Crippen molar-refractivity contribution >= 4 is 12.0 Å². The first-order valence-corrected chi connectivity index (χ1v) is 4.80. The minimum absolute atomic E-state index is 0.275. The van der Waals surface area contributed by atoms with Crippen LogP contribution in [-0.4, -0.2) is 25.2 Å². The molecule has 0 radical (unpaired) electrons. The van der Waals surface area contributed by atoms with Gasteiger partial charge in [-0.1, -0.05) is 20.8 Å². The van der Waals surface area contributed by atoms with E-state index < -0.39 is 6.09 Å². The Hall–Kier alpha value is -1.06. The molecule has 14 heavy (non-hydrogen) atoms. The third-order valence-corrected chi connectivity index (χ3v) is 1.38. The lowest BCUT2D eigenvalue weighted by Crippen LogP contribution is -2.25. The summed E-state index contributed by atoms with van der Waals surface area (Å²) in [5, 5.41) is 0. The van der Waals surface area contributed by atoms with Crippen LogP contribution in [0.25, 0.3) is 0 Å². The van der Waals surface area contributed by atoms with Crippen LogP contribution in [0.2, 0.25) is 0 Å². The number of hydrogen-bond donors (Lipinski definition) is 0. The standard InChI is InChI=1S/C10H19NO3/c1-6-13-8(10(3,4)5)11-9(12)14-7-2/h6-7H2,1-5H3/b11-8-. The van der Waals surface area contributed by atoms with Crippen molar-refractivity contribution < 1.29 is 14.3 Å². The molecule has 0 fully saturated rings. The second-order valence-corrected chi connectivity index (χ2v) is 3.80. The average molecular weight is 201 g/mol. The highest BCUT2D eigenvalue weighted by Gasteiger charge is 2.22. The van der Waals surface area contributed by atoms with Gasteiger partial charge in [-0.15, -0.1) is 4.99 Å². The van der Waals surface area contributed by atoms with Crippen LogP contribution in [0.4, 0.5) is 4.79 Å². The molecule has 0 aromatic heterocycles. The van der Waals surface area contributed by atoms with Crippen LogP contribution >= 0.6 is 0 Å². The van der Waals surface area contributed by atoms with Gasteiger partial charge < -0.3 is 9.47 Å². The number of nitrogens with zero attached hydrogens (tertiary/aromatic N) is 1. The van der Waals surface area contributed by atoms with Gasteiger partial charge >= 0.3 is 6.09 Å². The van der Waals surface area contributed by atoms with Gasteiger partial charge in [0.1, 0.15) is 0 Å². The zero-order chi connectivity index (χ0) is 11.2. The summed E-state index contributed by atoms with van der Waals surface area (Å²) in [4.78, 5) is 14.8. The van der Waals surface area contributed by atoms with Gasteiger partial charge in [-0.2, -0.15) is 0 Å². The Morgan fingerprint density at radius 2 is 1.64 bits per heavy atom. The van der Waals surface area contributed by atoms with E-state index in [9.17, 15) is 4.79 Å². The first-order chi connectivity index (χ1) is 6.41. The number of ether oxygens (including phenoxy) is 2. The van der Waals surface area contributed by atoms with E-state index in [1.165, 1.54) is 0 Å². The molecule has 0 atom stereocenters. The van der Waals surface area contributed by atoms with E-state index in [1.54, 1.807) is 6.92 Å². The summed E-state index contributed by atoms with van der Waals surface area (Å²) >= 11 is 0. The first kappa shape index (κ1) is 12.9. The topological polar surface area (TPSA) is 47.9 Å². The summed E-state index contributed by atoms with van der Waals surface area (Å²) in [7, 11) is 0. The summed E-state index contributed by atoms with van der Waals surface area (Å²) in [6.07, 6.45) is -0.592. The van der Waals surface area contributed by atoms with Gasteiger partial charge in [-0.3, -0.25) is 0 Å². The fourth-order valence-electron chi connectivity index (χ4n) is 0.792. The lowest BCUT2D eigenvalue weighted by molar-refractivity contribution is 0.161. The molecule has 0 rings (SSSR count). The van der Waals surface area contributed by atoms with Crippen molar-refractivity contribution in [2.75, 3.05) is 13.2 Å². The van der Waals surface area contributed by atoms with E-state index in [4.69, 9.17) is 9.47 Å². The largest absolute Gasteiger partial charge is 0.480 e. The van der Waals surface area contributed by atoms with E-state index in [-0.39, 0.29) is 5.41 Å². The van der Waals surface area contributed by atoms with Crippen molar-refractivity contribution in [1.29, 1.82) is 0 Å². The maximum Gasteiger partial charge on any atom is 0.436 e. The number of amides is 1. The Morgan fingerprint density at radius 1 is 1.14 bits per heavy atom. The van der Waals surface area contributed by atoms with Crippen molar-refractivity contribution in [2.24, 2.45) is 10.4 Å². The molecule has 0 spiro atoms. The molecule has 0 unspecified atom stereocenters. The van der Waals surface area contributed by atoms with Crippen LogP contribution in [0.5, 0.6) is 0 Å². The smallest absolute Gasteiger partial charge is 0.436 e. The molecule has 0 aliphatic carbocycles. The minimum Gasteiger partial charge on any atom is -0.480 e. The highest BCUT2D eigenvalue weighted by atomic mass is 16.6. The van der Waals surface area contributed by atoms with Crippen LogP contribution in [-0.2, 0) is 9.47 Å². The highest BCUT2D eigenvalue weighted by Crippen LogP contribution is 2.17. The molecule has 0 aromatic carbocycles. The fourth-order valence-corrected chi connectivity index (χ4v) is 0.792. The molecular formula is C10H19NO3. The number of aliphatic imine (C=N–C) groups is 1.